The molecule has 0 saturated heterocycles. The van der Waals surface area contributed by atoms with Gasteiger partial charge in [-0.05, 0) is 13.0 Å². The molecule has 0 spiro atoms. The maximum atomic E-state index is 13.3. The number of benzene rings is 1. The summed E-state index contributed by atoms with van der Waals surface area (Å²) in [7, 11) is 0. The maximum Gasteiger partial charge on any atom is 0.130 e. The summed E-state index contributed by atoms with van der Waals surface area (Å²) >= 11 is 0. The summed E-state index contributed by atoms with van der Waals surface area (Å²) in [4.78, 5) is 0. The molecule has 0 saturated carbocycles. The molecule has 0 radical (unpaired) electrons. The molecule has 1 rings (SSSR count). The number of rotatable bonds is 4. The van der Waals surface area contributed by atoms with Crippen LogP contribution in [0.15, 0.2) is 18.2 Å². The van der Waals surface area contributed by atoms with Gasteiger partial charge in [-0.1, -0.05) is 6.07 Å². The largest absolute Gasteiger partial charge is 0.309 e. The molecule has 1 aromatic rings. The average Bonchev–Trinajstić information content (AvgIpc) is 2.17. The van der Waals surface area contributed by atoms with E-state index in [1.54, 1.807) is 6.92 Å². The van der Waals surface area contributed by atoms with Gasteiger partial charge in [-0.25, -0.2) is 8.78 Å². The lowest BCUT2D eigenvalue weighted by Crippen LogP contribution is -2.20. The van der Waals surface area contributed by atoms with Gasteiger partial charge in [0.25, 0.3) is 0 Å². The van der Waals surface area contributed by atoms with Crippen LogP contribution >= 0.6 is 0 Å². The number of nitriles is 1. The third kappa shape index (κ3) is 3.30. The van der Waals surface area contributed by atoms with E-state index in [0.29, 0.717) is 18.5 Å². The van der Waals surface area contributed by atoms with Crippen molar-refractivity contribution in [3.8, 4) is 6.07 Å². The maximum absolute atomic E-state index is 13.3. The van der Waals surface area contributed by atoms with Crippen molar-refractivity contribution < 1.29 is 8.78 Å². The third-order valence-corrected chi connectivity index (χ3v) is 2.12. The normalized spacial score (nSPS) is 12.1. The molecule has 4 heteroatoms. The van der Waals surface area contributed by atoms with E-state index in [-0.39, 0.29) is 6.04 Å². The molecule has 15 heavy (non-hydrogen) atoms. The summed E-state index contributed by atoms with van der Waals surface area (Å²) in [5, 5.41) is 11.3. The Morgan fingerprint density at radius 2 is 2.20 bits per heavy atom. The van der Waals surface area contributed by atoms with Gasteiger partial charge in [0, 0.05) is 30.6 Å². The van der Waals surface area contributed by atoms with Crippen molar-refractivity contribution in [1.82, 2.24) is 5.32 Å². The van der Waals surface area contributed by atoms with E-state index >= 15 is 0 Å². The fraction of sp³-hybridized carbons (Fsp3) is 0.364. The molecular formula is C11H12F2N2. The van der Waals surface area contributed by atoms with Crippen LogP contribution in [0.1, 0.15) is 24.9 Å². The predicted octanol–water partition coefficient (Wildman–Crippen LogP) is 2.53. The number of halogens is 2. The van der Waals surface area contributed by atoms with Crippen LogP contribution in [0, 0.1) is 23.0 Å². The van der Waals surface area contributed by atoms with Gasteiger partial charge >= 0.3 is 0 Å². The number of nitrogens with one attached hydrogen (secondary N) is 1. The molecule has 0 aliphatic heterocycles. The molecule has 0 bridgehead atoms. The minimum absolute atomic E-state index is 0.223. The van der Waals surface area contributed by atoms with Crippen LogP contribution in [0.2, 0.25) is 0 Å². The summed E-state index contributed by atoms with van der Waals surface area (Å²) < 4.78 is 25.9. The molecule has 0 amide bonds. The van der Waals surface area contributed by atoms with Gasteiger partial charge in [-0.2, -0.15) is 5.26 Å². The molecule has 0 fully saturated rings. The summed E-state index contributed by atoms with van der Waals surface area (Å²) in [6.45, 7) is 2.27. The highest BCUT2D eigenvalue weighted by atomic mass is 19.1. The lowest BCUT2D eigenvalue weighted by atomic mass is 10.1. The zero-order valence-corrected chi connectivity index (χ0v) is 8.43. The monoisotopic (exact) mass is 210 g/mol. The Morgan fingerprint density at radius 3 is 2.80 bits per heavy atom. The first-order valence-corrected chi connectivity index (χ1v) is 4.70. The van der Waals surface area contributed by atoms with E-state index in [1.807, 2.05) is 6.07 Å². The first-order chi connectivity index (χ1) is 7.15. The van der Waals surface area contributed by atoms with Crippen LogP contribution < -0.4 is 5.32 Å². The van der Waals surface area contributed by atoms with Crippen molar-refractivity contribution in [3.05, 3.63) is 35.4 Å². The van der Waals surface area contributed by atoms with Crippen molar-refractivity contribution in [1.29, 1.82) is 5.26 Å². The van der Waals surface area contributed by atoms with Gasteiger partial charge in [0.05, 0.1) is 6.07 Å². The Morgan fingerprint density at radius 1 is 1.47 bits per heavy atom. The van der Waals surface area contributed by atoms with Crippen LogP contribution in [0.5, 0.6) is 0 Å². The highest BCUT2D eigenvalue weighted by molar-refractivity contribution is 5.21. The molecule has 0 aliphatic carbocycles. The molecule has 1 unspecified atom stereocenters. The quantitative estimate of drug-likeness (QED) is 0.775. The van der Waals surface area contributed by atoms with Crippen molar-refractivity contribution in [2.24, 2.45) is 0 Å². The average molecular weight is 210 g/mol. The van der Waals surface area contributed by atoms with Gasteiger partial charge < -0.3 is 5.32 Å². The molecular weight excluding hydrogens is 198 g/mol. The zero-order chi connectivity index (χ0) is 11.3. The summed E-state index contributed by atoms with van der Waals surface area (Å²) in [6, 6.07) is 5.25. The Labute approximate surface area is 87.5 Å². The second-order valence-electron chi connectivity index (χ2n) is 3.25. The second kappa shape index (κ2) is 5.42. The molecule has 0 aromatic heterocycles. The minimum Gasteiger partial charge on any atom is -0.309 e. The van der Waals surface area contributed by atoms with Crippen molar-refractivity contribution >= 4 is 0 Å². The number of hydrogen-bond donors (Lipinski definition) is 1. The molecule has 0 heterocycles. The van der Waals surface area contributed by atoms with Gasteiger partial charge in [0.2, 0.25) is 0 Å². The van der Waals surface area contributed by atoms with Crippen LogP contribution in [-0.4, -0.2) is 6.54 Å². The first kappa shape index (κ1) is 11.6. The third-order valence-electron chi connectivity index (χ3n) is 2.12. The number of hydrogen-bond acceptors (Lipinski definition) is 2. The summed E-state index contributed by atoms with van der Waals surface area (Å²) in [6.07, 6.45) is 0.368. The molecule has 1 atom stereocenters. The van der Waals surface area contributed by atoms with Gasteiger partial charge in [-0.3, -0.25) is 0 Å². The Balaban J connectivity index is 2.66. The first-order valence-electron chi connectivity index (χ1n) is 4.70. The van der Waals surface area contributed by atoms with E-state index in [2.05, 4.69) is 5.32 Å². The highest BCUT2D eigenvalue weighted by Crippen LogP contribution is 2.17. The Hall–Kier alpha value is -1.47. The fourth-order valence-electron chi connectivity index (χ4n) is 1.31. The molecule has 1 N–H and O–H groups in total. The van der Waals surface area contributed by atoms with Gasteiger partial charge in [0.15, 0.2) is 0 Å². The second-order valence-corrected chi connectivity index (χ2v) is 3.25. The number of nitrogens with zero attached hydrogens (tertiary/aromatic N) is 1. The van der Waals surface area contributed by atoms with Gasteiger partial charge in [0.1, 0.15) is 11.6 Å². The zero-order valence-electron chi connectivity index (χ0n) is 8.43. The topological polar surface area (TPSA) is 35.8 Å². The van der Waals surface area contributed by atoms with E-state index in [4.69, 9.17) is 5.26 Å². The molecule has 1 aromatic carbocycles. The van der Waals surface area contributed by atoms with E-state index in [1.165, 1.54) is 12.1 Å². The van der Waals surface area contributed by atoms with Crippen LogP contribution in [-0.2, 0) is 0 Å². The smallest absolute Gasteiger partial charge is 0.130 e. The lowest BCUT2D eigenvalue weighted by molar-refractivity contribution is 0.522. The summed E-state index contributed by atoms with van der Waals surface area (Å²) in [5.41, 5.74) is 0.411. The molecule has 0 aliphatic rings. The van der Waals surface area contributed by atoms with E-state index < -0.39 is 11.6 Å². The SMILES string of the molecule is CC(NCCC#N)c1ccc(F)cc1F. The van der Waals surface area contributed by atoms with Crippen molar-refractivity contribution in [2.45, 2.75) is 19.4 Å². The van der Waals surface area contributed by atoms with Crippen LogP contribution in [0.3, 0.4) is 0 Å². The van der Waals surface area contributed by atoms with Crippen LogP contribution in [0.4, 0.5) is 8.78 Å². The Kier molecular flexibility index (Phi) is 4.19. The van der Waals surface area contributed by atoms with Crippen LogP contribution in [0.25, 0.3) is 0 Å². The predicted molar refractivity (Wildman–Crippen MR) is 53.0 cm³/mol. The summed E-state index contributed by atoms with van der Waals surface area (Å²) in [5.74, 6) is -1.15. The molecule has 2 nitrogen and oxygen atoms in total. The lowest BCUT2D eigenvalue weighted by Gasteiger charge is -2.13. The standard InChI is InChI=1S/C11H12F2N2/c1-8(15-6-2-5-14)10-4-3-9(12)7-11(10)13/h3-4,7-8,15H,2,6H2,1H3. The Bertz CT molecular complexity index is 371. The van der Waals surface area contributed by atoms with E-state index in [9.17, 15) is 8.78 Å². The minimum atomic E-state index is -0.583. The van der Waals surface area contributed by atoms with E-state index in [0.717, 1.165) is 6.07 Å². The van der Waals surface area contributed by atoms with Gasteiger partial charge in [-0.15, -0.1) is 0 Å². The van der Waals surface area contributed by atoms with Crippen molar-refractivity contribution in [3.63, 3.8) is 0 Å². The van der Waals surface area contributed by atoms with Crippen molar-refractivity contribution in [2.75, 3.05) is 6.54 Å². The molecule has 80 valence electrons. The highest BCUT2D eigenvalue weighted by Gasteiger charge is 2.10. The fourth-order valence-corrected chi connectivity index (χ4v) is 1.31.